The van der Waals surface area contributed by atoms with E-state index in [9.17, 15) is 14.7 Å². The molecule has 3 heterocycles. The molecule has 0 aliphatic carbocycles. The number of carbonyl (C=O) groups excluding carboxylic acids is 2. The van der Waals surface area contributed by atoms with Gasteiger partial charge in [0.15, 0.2) is 5.84 Å². The van der Waals surface area contributed by atoms with Gasteiger partial charge in [-0.25, -0.2) is 0 Å². The number of amidine groups is 1. The minimum atomic E-state index is -0.540. The second-order valence-electron chi connectivity index (χ2n) is 6.27. The fourth-order valence-electron chi connectivity index (χ4n) is 2.74. The fourth-order valence-corrected chi connectivity index (χ4v) is 3.40. The zero-order valence-electron chi connectivity index (χ0n) is 16.0. The maximum absolute atomic E-state index is 12.0. The van der Waals surface area contributed by atoms with Crippen LogP contribution in [0.15, 0.2) is 111 Å². The third-order valence-corrected chi connectivity index (χ3v) is 5.02. The van der Waals surface area contributed by atoms with Gasteiger partial charge in [-0.15, -0.1) is 5.11 Å². The van der Waals surface area contributed by atoms with Crippen LogP contribution < -0.4 is 0 Å². The Kier molecular flexibility index (Phi) is 5.95. The molecule has 1 aromatic carbocycles. The summed E-state index contributed by atoms with van der Waals surface area (Å²) in [6.07, 6.45) is 11.0. The molecule has 0 saturated carbocycles. The average molecular weight is 429 g/mol. The molecule has 9 heteroatoms. The summed E-state index contributed by atoms with van der Waals surface area (Å²) in [5.41, 5.74) is 1.63. The summed E-state index contributed by atoms with van der Waals surface area (Å²) in [4.78, 5) is 33.8. The summed E-state index contributed by atoms with van der Waals surface area (Å²) in [6.45, 7) is 0. The summed E-state index contributed by atoms with van der Waals surface area (Å²) in [7, 11) is 0. The highest BCUT2D eigenvalue weighted by atomic mass is 32.2. The molecular formula is C22H15N5O3S. The second-order valence-corrected chi connectivity index (χ2v) is 7.26. The van der Waals surface area contributed by atoms with E-state index in [1.54, 1.807) is 47.8 Å². The number of azo groups is 1. The SMILES string of the molecule is O=C1N=C(N2C=CC(=C(O)c3ccccc3)C=C2)/C(=C\N=NC(=O)c2cccnc2)S1. The van der Waals surface area contributed by atoms with Crippen molar-refractivity contribution in [3.05, 3.63) is 107 Å². The van der Waals surface area contributed by atoms with E-state index >= 15 is 0 Å². The summed E-state index contributed by atoms with van der Waals surface area (Å²) in [6, 6.07) is 12.4. The Hall–Kier alpha value is -4.11. The van der Waals surface area contributed by atoms with Crippen molar-refractivity contribution >= 4 is 34.5 Å². The van der Waals surface area contributed by atoms with Crippen LogP contribution in [-0.4, -0.2) is 32.0 Å². The number of carbonyl (C=O) groups is 2. The number of hydrogen-bond acceptors (Lipinski definition) is 7. The van der Waals surface area contributed by atoms with E-state index in [-0.39, 0.29) is 5.76 Å². The molecule has 152 valence electrons. The van der Waals surface area contributed by atoms with Crippen LogP contribution in [-0.2, 0) is 0 Å². The maximum Gasteiger partial charge on any atom is 0.311 e. The number of pyridine rings is 1. The quantitative estimate of drug-likeness (QED) is 0.538. The number of thioether (sulfide) groups is 1. The normalized spacial score (nSPS) is 17.0. The van der Waals surface area contributed by atoms with E-state index in [0.29, 0.717) is 27.4 Å². The average Bonchev–Trinajstić information content (AvgIpc) is 3.20. The van der Waals surface area contributed by atoms with E-state index in [2.05, 4.69) is 20.2 Å². The lowest BCUT2D eigenvalue weighted by Gasteiger charge is -2.19. The van der Waals surface area contributed by atoms with E-state index in [1.807, 2.05) is 30.3 Å². The lowest BCUT2D eigenvalue weighted by Crippen LogP contribution is -2.20. The van der Waals surface area contributed by atoms with Crippen LogP contribution in [0, 0.1) is 0 Å². The fraction of sp³-hybridized carbons (Fsp3) is 0. The maximum atomic E-state index is 12.0. The third-order valence-electron chi connectivity index (χ3n) is 4.24. The highest BCUT2D eigenvalue weighted by molar-refractivity contribution is 8.18. The van der Waals surface area contributed by atoms with Gasteiger partial charge in [-0.1, -0.05) is 30.3 Å². The lowest BCUT2D eigenvalue weighted by atomic mass is 10.1. The number of aliphatic hydroxyl groups excluding tert-OH is 1. The first-order valence-corrected chi connectivity index (χ1v) is 9.93. The van der Waals surface area contributed by atoms with Crippen LogP contribution >= 0.6 is 11.8 Å². The molecule has 8 nitrogen and oxygen atoms in total. The van der Waals surface area contributed by atoms with Crippen molar-refractivity contribution in [3.8, 4) is 0 Å². The molecule has 2 aliphatic rings. The Bertz CT molecular complexity index is 1180. The Morgan fingerprint density at radius 1 is 1.06 bits per heavy atom. The van der Waals surface area contributed by atoms with E-state index in [0.717, 1.165) is 11.8 Å². The predicted octanol–water partition coefficient (Wildman–Crippen LogP) is 5.09. The number of aliphatic imine (C=N–C) groups is 1. The summed E-state index contributed by atoms with van der Waals surface area (Å²) in [5, 5.41) is 17.5. The molecule has 2 aliphatic heterocycles. The van der Waals surface area contributed by atoms with Gasteiger partial charge in [-0.3, -0.25) is 14.6 Å². The molecule has 0 bridgehead atoms. The third kappa shape index (κ3) is 4.73. The molecule has 31 heavy (non-hydrogen) atoms. The first-order chi connectivity index (χ1) is 15.1. The van der Waals surface area contributed by atoms with Crippen molar-refractivity contribution in [2.24, 2.45) is 15.2 Å². The van der Waals surface area contributed by atoms with Crippen molar-refractivity contribution in [3.63, 3.8) is 0 Å². The molecule has 2 aromatic rings. The molecule has 0 spiro atoms. The zero-order chi connectivity index (χ0) is 21.6. The van der Waals surface area contributed by atoms with Crippen LogP contribution in [0.25, 0.3) is 5.76 Å². The standard InChI is InChI=1S/C22H15N5O3S/c28-19(15-5-2-1-3-6-15)16-8-11-27(12-9-16)20-18(31-22(30)25-20)14-24-26-21(29)17-7-4-10-23-13-17/h1-14,28H/b18-14+,26-24?. The minimum Gasteiger partial charge on any atom is -0.507 e. The van der Waals surface area contributed by atoms with Gasteiger partial charge in [0.2, 0.25) is 0 Å². The van der Waals surface area contributed by atoms with Gasteiger partial charge in [0.05, 0.1) is 16.7 Å². The van der Waals surface area contributed by atoms with Crippen LogP contribution in [0.1, 0.15) is 15.9 Å². The van der Waals surface area contributed by atoms with Crippen LogP contribution in [0.5, 0.6) is 0 Å². The number of hydrogen-bond donors (Lipinski definition) is 1. The van der Waals surface area contributed by atoms with Gasteiger partial charge >= 0.3 is 5.24 Å². The van der Waals surface area contributed by atoms with Crippen LogP contribution in [0.2, 0.25) is 0 Å². The highest BCUT2D eigenvalue weighted by Crippen LogP contribution is 2.31. The van der Waals surface area contributed by atoms with Crippen molar-refractivity contribution in [2.75, 3.05) is 0 Å². The lowest BCUT2D eigenvalue weighted by molar-refractivity contribution is 0.0994. The first kappa shape index (κ1) is 20.2. The highest BCUT2D eigenvalue weighted by Gasteiger charge is 2.26. The second kappa shape index (κ2) is 9.14. The van der Waals surface area contributed by atoms with E-state index < -0.39 is 11.1 Å². The van der Waals surface area contributed by atoms with Gasteiger partial charge in [0.1, 0.15) is 5.76 Å². The Morgan fingerprint density at radius 3 is 2.52 bits per heavy atom. The number of aromatic nitrogens is 1. The van der Waals surface area contributed by atoms with E-state index in [4.69, 9.17) is 0 Å². The number of aliphatic hydroxyl groups is 1. The number of amides is 2. The van der Waals surface area contributed by atoms with Crippen molar-refractivity contribution in [1.29, 1.82) is 0 Å². The van der Waals surface area contributed by atoms with Gasteiger partial charge in [0, 0.05) is 35.9 Å². The Labute approximate surface area is 181 Å². The molecule has 0 atom stereocenters. The molecule has 0 unspecified atom stereocenters. The molecule has 0 saturated heterocycles. The number of benzene rings is 1. The van der Waals surface area contributed by atoms with Gasteiger partial charge in [-0.05, 0) is 36.0 Å². The summed E-state index contributed by atoms with van der Waals surface area (Å²) >= 11 is 0.889. The van der Waals surface area contributed by atoms with Crippen LogP contribution in [0.3, 0.4) is 0 Å². The minimum absolute atomic E-state index is 0.144. The van der Waals surface area contributed by atoms with Gasteiger partial charge < -0.3 is 10.0 Å². The van der Waals surface area contributed by atoms with Gasteiger partial charge in [-0.2, -0.15) is 10.1 Å². The molecule has 2 amide bonds. The number of allylic oxidation sites excluding steroid dienone is 3. The summed E-state index contributed by atoms with van der Waals surface area (Å²) in [5.74, 6) is -0.0414. The Balaban J connectivity index is 1.50. The Morgan fingerprint density at radius 2 is 1.81 bits per heavy atom. The van der Waals surface area contributed by atoms with Crippen molar-refractivity contribution in [1.82, 2.24) is 9.88 Å². The molecule has 1 aromatic heterocycles. The zero-order valence-corrected chi connectivity index (χ0v) is 16.8. The topological polar surface area (TPSA) is 108 Å². The van der Waals surface area contributed by atoms with Gasteiger partial charge in [0.25, 0.3) is 5.91 Å². The molecular weight excluding hydrogens is 414 g/mol. The predicted molar refractivity (Wildman–Crippen MR) is 118 cm³/mol. The van der Waals surface area contributed by atoms with Crippen molar-refractivity contribution in [2.45, 2.75) is 0 Å². The molecule has 0 fully saturated rings. The monoisotopic (exact) mass is 429 g/mol. The van der Waals surface area contributed by atoms with Crippen LogP contribution in [0.4, 0.5) is 4.79 Å². The summed E-state index contributed by atoms with van der Waals surface area (Å²) < 4.78 is 0. The largest absolute Gasteiger partial charge is 0.507 e. The van der Waals surface area contributed by atoms with Crippen molar-refractivity contribution < 1.29 is 14.7 Å². The molecule has 1 N–H and O–H groups in total. The molecule has 0 radical (unpaired) electrons. The molecule has 4 rings (SSSR count). The smallest absolute Gasteiger partial charge is 0.311 e. The van der Waals surface area contributed by atoms with E-state index in [1.165, 1.54) is 12.4 Å². The first-order valence-electron chi connectivity index (χ1n) is 9.11. The number of nitrogens with zero attached hydrogens (tertiary/aromatic N) is 5. The number of rotatable bonds is 3.